The van der Waals surface area contributed by atoms with Gasteiger partial charge in [-0.25, -0.2) is 0 Å². The maximum Gasteiger partial charge on any atom is 0.333 e. The van der Waals surface area contributed by atoms with E-state index in [1.807, 2.05) is 74.5 Å². The van der Waals surface area contributed by atoms with E-state index in [4.69, 9.17) is 0 Å². The van der Waals surface area contributed by atoms with Crippen LogP contribution in [0.5, 0.6) is 0 Å². The quantitative estimate of drug-likeness (QED) is 0.594. The SMILES string of the molecule is CC1=CC([PH+]=O)C(C)(C(=O)c2cccc3ccccc23)C=C1. The van der Waals surface area contributed by atoms with Gasteiger partial charge in [0.05, 0.1) is 5.41 Å². The van der Waals surface area contributed by atoms with Gasteiger partial charge in [-0.05, 0) is 30.7 Å². The lowest BCUT2D eigenvalue weighted by Crippen LogP contribution is -2.36. The highest BCUT2D eigenvalue weighted by Gasteiger charge is 2.45. The molecule has 0 saturated carbocycles. The van der Waals surface area contributed by atoms with Crippen LogP contribution in [0.3, 0.4) is 0 Å². The van der Waals surface area contributed by atoms with Crippen LogP contribution in [0.15, 0.2) is 66.3 Å². The Morgan fingerprint density at radius 2 is 1.86 bits per heavy atom. The molecular weight excluding hydrogens is 291 g/mol. The number of rotatable bonds is 3. The molecule has 0 aromatic heterocycles. The van der Waals surface area contributed by atoms with Crippen LogP contribution in [0.1, 0.15) is 24.2 Å². The van der Waals surface area contributed by atoms with Crippen LogP contribution in [0.2, 0.25) is 0 Å². The predicted octanol–water partition coefficient (Wildman–Crippen LogP) is 4.94. The normalized spacial score (nSPS) is 24.5. The first-order valence-corrected chi connectivity index (χ1v) is 8.33. The zero-order valence-corrected chi connectivity index (χ0v) is 13.7. The highest BCUT2D eigenvalue weighted by Crippen LogP contribution is 2.40. The van der Waals surface area contributed by atoms with Crippen molar-refractivity contribution >= 4 is 25.0 Å². The van der Waals surface area contributed by atoms with Crippen molar-refractivity contribution in [3.8, 4) is 0 Å². The van der Waals surface area contributed by atoms with Crippen LogP contribution < -0.4 is 0 Å². The average molecular weight is 309 g/mol. The molecule has 0 aliphatic heterocycles. The molecule has 0 spiro atoms. The minimum atomic E-state index is -0.760. The molecule has 3 unspecified atom stereocenters. The summed E-state index contributed by atoms with van der Waals surface area (Å²) in [5, 5.41) is 1.99. The monoisotopic (exact) mass is 309 g/mol. The van der Waals surface area contributed by atoms with Crippen LogP contribution in [0.4, 0.5) is 0 Å². The van der Waals surface area contributed by atoms with Crippen LogP contribution in [0.25, 0.3) is 10.8 Å². The maximum absolute atomic E-state index is 13.2. The molecule has 3 atom stereocenters. The van der Waals surface area contributed by atoms with Crippen LogP contribution in [-0.4, -0.2) is 11.4 Å². The van der Waals surface area contributed by atoms with E-state index in [1.54, 1.807) is 0 Å². The molecule has 0 radical (unpaired) electrons. The van der Waals surface area contributed by atoms with Crippen LogP contribution >= 0.6 is 8.46 Å². The van der Waals surface area contributed by atoms with Crippen molar-refractivity contribution in [2.24, 2.45) is 5.41 Å². The van der Waals surface area contributed by atoms with E-state index in [-0.39, 0.29) is 11.4 Å². The van der Waals surface area contributed by atoms with Crippen molar-refractivity contribution < 1.29 is 9.36 Å². The minimum absolute atomic E-state index is 0.0256. The third-order valence-corrected chi connectivity index (χ3v) is 5.44. The topological polar surface area (TPSA) is 34.1 Å². The smallest absolute Gasteiger partial charge is 0.293 e. The van der Waals surface area contributed by atoms with Crippen molar-refractivity contribution in [2.45, 2.75) is 19.5 Å². The molecule has 0 saturated heterocycles. The first-order valence-electron chi connectivity index (χ1n) is 7.34. The Balaban J connectivity index is 2.13. The number of fused-ring (bicyclic) bond motifs is 1. The highest BCUT2D eigenvalue weighted by atomic mass is 31.1. The summed E-state index contributed by atoms with van der Waals surface area (Å²) in [6.45, 7) is 3.84. The maximum atomic E-state index is 13.2. The number of Topliss-reactive ketones (excluding diaryl/α,β-unsaturated/α-hetero) is 1. The number of hydrogen-bond acceptors (Lipinski definition) is 2. The summed E-state index contributed by atoms with van der Waals surface area (Å²) in [6, 6.07) is 13.6. The summed E-state index contributed by atoms with van der Waals surface area (Å²) in [5.41, 5.74) is 0.714. The average Bonchev–Trinajstić information content (AvgIpc) is 2.56. The molecule has 2 aromatic rings. The highest BCUT2D eigenvalue weighted by molar-refractivity contribution is 7.25. The van der Waals surface area contributed by atoms with Crippen molar-refractivity contribution in [3.05, 3.63) is 71.8 Å². The van der Waals surface area contributed by atoms with Crippen molar-refractivity contribution in [3.63, 3.8) is 0 Å². The number of allylic oxidation sites excluding steroid dienone is 4. The second-order valence-corrected chi connectivity index (χ2v) is 6.84. The Labute approximate surface area is 131 Å². The van der Waals surface area contributed by atoms with Crippen molar-refractivity contribution in [2.75, 3.05) is 0 Å². The Morgan fingerprint density at radius 1 is 1.14 bits per heavy atom. The molecule has 0 fully saturated rings. The lowest BCUT2D eigenvalue weighted by molar-refractivity contribution is 0.0875. The molecule has 0 heterocycles. The fourth-order valence-electron chi connectivity index (χ4n) is 2.99. The third-order valence-electron chi connectivity index (χ3n) is 4.42. The van der Waals surface area contributed by atoms with Gasteiger partial charge >= 0.3 is 8.46 Å². The fraction of sp³-hybridized carbons (Fsp3) is 0.211. The van der Waals surface area contributed by atoms with Crippen molar-refractivity contribution in [1.82, 2.24) is 0 Å². The molecule has 0 amide bonds. The van der Waals surface area contributed by atoms with Crippen LogP contribution in [-0.2, 0) is 4.57 Å². The number of carbonyl (C=O) groups excluding carboxylic acids is 1. The molecule has 2 nitrogen and oxygen atoms in total. The van der Waals surface area contributed by atoms with Gasteiger partial charge in [0.1, 0.15) is 0 Å². The summed E-state index contributed by atoms with van der Waals surface area (Å²) in [6.07, 6.45) is 5.79. The van der Waals surface area contributed by atoms with E-state index in [1.165, 1.54) is 0 Å². The first kappa shape index (κ1) is 14.9. The summed E-state index contributed by atoms with van der Waals surface area (Å²) in [5.74, 6) is 0.0256. The third kappa shape index (κ3) is 2.34. The van der Waals surface area contributed by atoms with Gasteiger partial charge in [-0.1, -0.05) is 64.8 Å². The summed E-state index contributed by atoms with van der Waals surface area (Å²) in [7, 11) is -0.540. The lowest BCUT2D eigenvalue weighted by atomic mass is 9.75. The van der Waals surface area contributed by atoms with Gasteiger partial charge in [0, 0.05) is 5.56 Å². The molecule has 2 aromatic carbocycles. The second kappa shape index (κ2) is 5.62. The molecule has 110 valence electrons. The number of benzene rings is 2. The Morgan fingerprint density at radius 3 is 2.64 bits per heavy atom. The molecule has 0 bridgehead atoms. The van der Waals surface area contributed by atoms with Gasteiger partial charge in [0.2, 0.25) is 0 Å². The van der Waals surface area contributed by atoms with Gasteiger partial charge < -0.3 is 0 Å². The molecule has 3 heteroatoms. The van der Waals surface area contributed by atoms with E-state index in [0.717, 1.165) is 16.3 Å². The Bertz CT molecular complexity index is 814. The van der Waals surface area contributed by atoms with Gasteiger partial charge in [0.25, 0.3) is 0 Å². The molecule has 22 heavy (non-hydrogen) atoms. The van der Waals surface area contributed by atoms with E-state index in [0.29, 0.717) is 5.56 Å². The van der Waals surface area contributed by atoms with E-state index in [2.05, 4.69) is 0 Å². The number of ketones is 1. The van der Waals surface area contributed by atoms with Gasteiger partial charge in [-0.15, -0.1) is 0 Å². The van der Waals surface area contributed by atoms with Gasteiger partial charge in [-0.2, -0.15) is 0 Å². The Kier molecular flexibility index (Phi) is 3.80. The fourth-order valence-corrected chi connectivity index (χ4v) is 3.79. The molecule has 1 aliphatic carbocycles. The summed E-state index contributed by atoms with van der Waals surface area (Å²) in [4.78, 5) is 13.2. The van der Waals surface area contributed by atoms with E-state index in [9.17, 15) is 9.36 Å². The number of hydrogen-bond donors (Lipinski definition) is 0. The second-order valence-electron chi connectivity index (χ2n) is 5.98. The van der Waals surface area contributed by atoms with E-state index >= 15 is 0 Å². The predicted molar refractivity (Wildman–Crippen MR) is 92.1 cm³/mol. The largest absolute Gasteiger partial charge is 0.333 e. The first-order chi connectivity index (χ1) is 10.6. The van der Waals surface area contributed by atoms with Gasteiger partial charge in [0.15, 0.2) is 11.4 Å². The minimum Gasteiger partial charge on any atom is -0.293 e. The Hall–Kier alpha value is -2.05. The van der Waals surface area contributed by atoms with E-state index < -0.39 is 13.9 Å². The van der Waals surface area contributed by atoms with Crippen LogP contribution in [0, 0.1) is 5.41 Å². The number of carbonyl (C=O) groups is 1. The molecule has 0 N–H and O–H groups in total. The summed E-state index contributed by atoms with van der Waals surface area (Å²) < 4.78 is 11.6. The zero-order chi connectivity index (χ0) is 15.7. The standard InChI is InChI=1S/C19H17O2P/c1-13-10-11-19(2,17(12-13)22-21)18(20)16-9-5-7-14-6-3-4-8-15(14)16/h3-12,17H,1-2H3/p+1. The van der Waals surface area contributed by atoms with Crippen molar-refractivity contribution in [1.29, 1.82) is 0 Å². The molecule has 3 rings (SSSR count). The lowest BCUT2D eigenvalue weighted by Gasteiger charge is -2.27. The molecule has 1 aliphatic rings. The molecular formula is C19H18O2P+. The summed E-state index contributed by atoms with van der Waals surface area (Å²) >= 11 is 0. The van der Waals surface area contributed by atoms with Gasteiger partial charge in [-0.3, -0.25) is 4.79 Å². The zero-order valence-electron chi connectivity index (χ0n) is 12.7.